The fourth-order valence-corrected chi connectivity index (χ4v) is 4.65. The number of hydrogen-bond acceptors (Lipinski definition) is 9. The summed E-state index contributed by atoms with van der Waals surface area (Å²) in [5.74, 6) is 0. The molecule has 4 aromatic rings. The van der Waals surface area contributed by atoms with Gasteiger partial charge in [0.05, 0.1) is 46.0 Å². The first-order chi connectivity index (χ1) is 19.3. The number of benzene rings is 2. The second kappa shape index (κ2) is 11.1. The highest BCUT2D eigenvalue weighted by Gasteiger charge is 2.26. The van der Waals surface area contributed by atoms with Crippen molar-refractivity contribution < 1.29 is 0 Å². The second-order valence-electron chi connectivity index (χ2n) is 10.6. The predicted octanol–water partition coefficient (Wildman–Crippen LogP) is 6.01. The van der Waals surface area contributed by atoms with E-state index in [1.807, 2.05) is 53.7 Å². The van der Waals surface area contributed by atoms with E-state index < -0.39 is 6.04 Å². The smallest absolute Gasteiger partial charge is 0.103 e. The summed E-state index contributed by atoms with van der Waals surface area (Å²) in [5, 5.41) is 30.0. The molecule has 1 aliphatic heterocycles. The van der Waals surface area contributed by atoms with Gasteiger partial charge < -0.3 is 16.1 Å². The van der Waals surface area contributed by atoms with Crippen LogP contribution in [0.15, 0.2) is 79.0 Å². The van der Waals surface area contributed by atoms with Gasteiger partial charge >= 0.3 is 0 Å². The number of nitriles is 2. The zero-order valence-corrected chi connectivity index (χ0v) is 23.1. The quantitative estimate of drug-likeness (QED) is 0.219. The van der Waals surface area contributed by atoms with E-state index in [1.54, 1.807) is 18.5 Å². The zero-order valence-electron chi connectivity index (χ0n) is 22.3. The van der Waals surface area contributed by atoms with E-state index in [-0.39, 0.29) is 5.41 Å². The van der Waals surface area contributed by atoms with E-state index in [0.717, 1.165) is 16.9 Å². The minimum absolute atomic E-state index is 0.0286. The topological polar surface area (TPSA) is 125 Å². The van der Waals surface area contributed by atoms with E-state index in [4.69, 9.17) is 11.6 Å². The number of nitrogens with one attached hydrogen (secondary N) is 4. The average molecular weight is 550 g/mol. The molecule has 10 heteroatoms. The fraction of sp³-hybridized carbons (Fsp3) is 0.200. The molecule has 0 bridgehead atoms. The van der Waals surface area contributed by atoms with E-state index in [1.165, 1.54) is 6.20 Å². The van der Waals surface area contributed by atoms with Crippen LogP contribution in [0.5, 0.6) is 0 Å². The summed E-state index contributed by atoms with van der Waals surface area (Å²) in [7, 11) is 0. The van der Waals surface area contributed by atoms with Crippen LogP contribution in [-0.2, 0) is 0 Å². The zero-order chi connectivity index (χ0) is 28.3. The van der Waals surface area contributed by atoms with Crippen molar-refractivity contribution in [3.05, 3.63) is 101 Å². The molecule has 0 amide bonds. The minimum atomic E-state index is -0.412. The molecule has 1 atom stereocenters. The Morgan fingerprint density at radius 3 is 2.55 bits per heavy atom. The van der Waals surface area contributed by atoms with Crippen molar-refractivity contribution in [1.82, 2.24) is 20.9 Å². The molecule has 4 N–H and O–H groups in total. The lowest BCUT2D eigenvalue weighted by atomic mass is 9.96. The van der Waals surface area contributed by atoms with Gasteiger partial charge in [0.15, 0.2) is 0 Å². The first-order valence-corrected chi connectivity index (χ1v) is 13.1. The van der Waals surface area contributed by atoms with Gasteiger partial charge in [-0.15, -0.1) is 5.53 Å². The highest BCUT2D eigenvalue weighted by Crippen LogP contribution is 2.36. The van der Waals surface area contributed by atoms with Gasteiger partial charge in [0.2, 0.25) is 0 Å². The number of anilines is 3. The van der Waals surface area contributed by atoms with Crippen LogP contribution in [-0.4, -0.2) is 16.5 Å². The molecule has 2 aromatic carbocycles. The number of fused-ring (bicyclic) bond motifs is 1. The van der Waals surface area contributed by atoms with Crippen LogP contribution < -0.4 is 26.6 Å². The van der Waals surface area contributed by atoms with E-state index in [9.17, 15) is 10.5 Å². The minimum Gasteiger partial charge on any atom is -0.383 e. The molecule has 9 nitrogen and oxygen atoms in total. The third kappa shape index (κ3) is 5.62. The Bertz CT molecular complexity index is 1660. The van der Waals surface area contributed by atoms with Crippen molar-refractivity contribution in [2.24, 2.45) is 5.41 Å². The number of hydrazine groups is 2. The molecule has 0 fully saturated rings. The first-order valence-electron chi connectivity index (χ1n) is 12.7. The van der Waals surface area contributed by atoms with Gasteiger partial charge in [-0.3, -0.25) is 15.0 Å². The van der Waals surface area contributed by atoms with E-state index >= 15 is 0 Å². The molecule has 3 heterocycles. The number of aromatic nitrogens is 2. The van der Waals surface area contributed by atoms with Crippen molar-refractivity contribution in [1.29, 1.82) is 10.5 Å². The maximum absolute atomic E-state index is 10.0. The molecular weight excluding hydrogens is 522 g/mol. The summed E-state index contributed by atoms with van der Waals surface area (Å²) < 4.78 is 0. The molecule has 0 spiro atoms. The number of nitrogens with zero attached hydrogens (tertiary/aromatic N) is 5. The van der Waals surface area contributed by atoms with Gasteiger partial charge in [0.25, 0.3) is 0 Å². The first kappa shape index (κ1) is 26.8. The Hall–Kier alpha value is -4.83. The van der Waals surface area contributed by atoms with Crippen LogP contribution in [0, 0.1) is 28.1 Å². The normalized spacial score (nSPS) is 13.7. The Kier molecular flexibility index (Phi) is 7.43. The standard InChI is InChI=1S/C30H28ClN9/c1-30(2,3)18-36-28-20(14-33)15-35-27-19(13-32)11-21(12-24(27)28)37-29(23-8-4-5-9-25(23)31)26-17-40(39-38-26)22-7-6-10-34-16-22/h4-12,15-17,29,37-39H,18H2,1-3H3,(H,35,36). The molecule has 200 valence electrons. The molecule has 1 unspecified atom stereocenters. The van der Waals surface area contributed by atoms with Crippen molar-refractivity contribution in [3.8, 4) is 12.1 Å². The highest BCUT2D eigenvalue weighted by molar-refractivity contribution is 6.31. The molecule has 0 aliphatic carbocycles. The Labute approximate surface area is 238 Å². The number of rotatable bonds is 7. The van der Waals surface area contributed by atoms with Crippen molar-refractivity contribution in [2.75, 3.05) is 22.2 Å². The number of pyridine rings is 2. The molecule has 5 rings (SSSR count). The van der Waals surface area contributed by atoms with Crippen LogP contribution >= 0.6 is 11.6 Å². The molecule has 40 heavy (non-hydrogen) atoms. The van der Waals surface area contributed by atoms with Crippen molar-refractivity contribution in [3.63, 3.8) is 0 Å². The molecule has 0 radical (unpaired) electrons. The Balaban J connectivity index is 1.60. The van der Waals surface area contributed by atoms with Crippen LogP contribution in [0.2, 0.25) is 5.02 Å². The maximum Gasteiger partial charge on any atom is 0.103 e. The van der Waals surface area contributed by atoms with E-state index in [0.29, 0.717) is 45.0 Å². The average Bonchev–Trinajstić information content (AvgIpc) is 3.45. The number of halogens is 1. The summed E-state index contributed by atoms with van der Waals surface area (Å²) in [5.41, 5.74) is 11.5. The largest absolute Gasteiger partial charge is 0.383 e. The molecule has 0 saturated heterocycles. The fourth-order valence-electron chi connectivity index (χ4n) is 4.41. The summed E-state index contributed by atoms with van der Waals surface area (Å²) in [6.45, 7) is 6.97. The Morgan fingerprint density at radius 2 is 1.85 bits per heavy atom. The summed E-state index contributed by atoms with van der Waals surface area (Å²) >= 11 is 6.67. The summed E-state index contributed by atoms with van der Waals surface area (Å²) in [6.07, 6.45) is 6.91. The molecular formula is C30H28ClN9. The Morgan fingerprint density at radius 1 is 1.05 bits per heavy atom. The van der Waals surface area contributed by atoms with Gasteiger partial charge in [-0.2, -0.15) is 10.5 Å². The summed E-state index contributed by atoms with van der Waals surface area (Å²) in [4.78, 5) is 8.66. The maximum atomic E-state index is 10.0. The number of hydrogen-bond donors (Lipinski definition) is 4. The predicted molar refractivity (Wildman–Crippen MR) is 158 cm³/mol. The third-order valence-corrected chi connectivity index (χ3v) is 6.70. The SMILES string of the molecule is CC(C)(C)CNc1c(C#N)cnc2c(C#N)cc(NC(C3=CN(c4cccnc4)NN3)c3ccccc3Cl)cc12. The van der Waals surface area contributed by atoms with Gasteiger partial charge in [0, 0.05) is 41.2 Å². The van der Waals surface area contributed by atoms with Crippen molar-refractivity contribution in [2.45, 2.75) is 26.8 Å². The van der Waals surface area contributed by atoms with Crippen molar-refractivity contribution >= 4 is 39.6 Å². The molecule has 1 aliphatic rings. The monoisotopic (exact) mass is 549 g/mol. The van der Waals surface area contributed by atoms with Gasteiger partial charge in [-0.1, -0.05) is 50.6 Å². The molecule has 0 saturated carbocycles. The van der Waals surface area contributed by atoms with Gasteiger partial charge in [0.1, 0.15) is 12.1 Å². The van der Waals surface area contributed by atoms with Gasteiger partial charge in [-0.05, 0) is 41.3 Å². The van der Waals surface area contributed by atoms with Gasteiger partial charge in [-0.25, -0.2) is 0 Å². The second-order valence-corrected chi connectivity index (χ2v) is 11.0. The lowest BCUT2D eigenvalue weighted by Gasteiger charge is -2.24. The van der Waals surface area contributed by atoms with Crippen LogP contribution in [0.25, 0.3) is 10.9 Å². The lowest BCUT2D eigenvalue weighted by Crippen LogP contribution is -2.37. The van der Waals surface area contributed by atoms with Crippen LogP contribution in [0.3, 0.4) is 0 Å². The van der Waals surface area contributed by atoms with E-state index in [2.05, 4.69) is 64.5 Å². The molecule has 2 aromatic heterocycles. The van der Waals surface area contributed by atoms with Crippen LogP contribution in [0.4, 0.5) is 17.1 Å². The summed E-state index contributed by atoms with van der Waals surface area (Å²) in [6, 6.07) is 19.2. The third-order valence-electron chi connectivity index (χ3n) is 6.36. The lowest BCUT2D eigenvalue weighted by molar-refractivity contribution is 0.443. The highest BCUT2D eigenvalue weighted by atomic mass is 35.5. The van der Waals surface area contributed by atoms with Crippen LogP contribution in [0.1, 0.15) is 43.5 Å².